The summed E-state index contributed by atoms with van der Waals surface area (Å²) in [5.74, 6) is -2.70. The molecule has 8 nitrogen and oxygen atoms in total. The molecule has 1 aromatic carbocycles. The standard InChI is InChI=1S/C20H24N2O6/c1-20(2,3)27-19(26)21-15-11-7-6-10-14(15)18(25)28-22-16(23)12-8-4-5-9-13(12)17(22)24/h4-5,8-9,14-15H,6-7,10-11H2,1-3H3,(H,21,26)/t14-,15-/m0/s1. The Morgan fingerprint density at radius 3 is 2.18 bits per heavy atom. The van der Waals surface area contributed by atoms with Crippen LogP contribution < -0.4 is 5.32 Å². The first-order chi connectivity index (χ1) is 13.2. The van der Waals surface area contributed by atoms with Crippen molar-refractivity contribution in [3.63, 3.8) is 0 Å². The summed E-state index contributed by atoms with van der Waals surface area (Å²) in [4.78, 5) is 54.7. The van der Waals surface area contributed by atoms with Gasteiger partial charge in [-0.25, -0.2) is 9.59 Å². The van der Waals surface area contributed by atoms with Crippen LogP contribution in [0.3, 0.4) is 0 Å². The van der Waals surface area contributed by atoms with Gasteiger partial charge in [0.2, 0.25) is 0 Å². The number of hydroxylamine groups is 2. The van der Waals surface area contributed by atoms with Gasteiger partial charge in [0.25, 0.3) is 11.8 Å². The lowest BCUT2D eigenvalue weighted by Crippen LogP contribution is -2.48. The number of hydrogen-bond donors (Lipinski definition) is 1. The molecule has 1 heterocycles. The fraction of sp³-hybridized carbons (Fsp3) is 0.500. The van der Waals surface area contributed by atoms with Crippen LogP contribution in [0.2, 0.25) is 0 Å². The molecule has 3 amide bonds. The molecule has 1 aliphatic heterocycles. The minimum Gasteiger partial charge on any atom is -0.444 e. The summed E-state index contributed by atoms with van der Waals surface area (Å²) >= 11 is 0. The van der Waals surface area contributed by atoms with Gasteiger partial charge in [0, 0.05) is 6.04 Å². The van der Waals surface area contributed by atoms with E-state index in [1.165, 1.54) is 12.1 Å². The van der Waals surface area contributed by atoms with Crippen LogP contribution >= 0.6 is 0 Å². The van der Waals surface area contributed by atoms with E-state index in [1.807, 2.05) is 0 Å². The molecule has 1 aromatic rings. The predicted octanol–water partition coefficient (Wildman–Crippen LogP) is 2.82. The summed E-state index contributed by atoms with van der Waals surface area (Å²) in [7, 11) is 0. The van der Waals surface area contributed by atoms with Crippen molar-refractivity contribution in [3.8, 4) is 0 Å². The van der Waals surface area contributed by atoms with E-state index in [4.69, 9.17) is 9.57 Å². The van der Waals surface area contributed by atoms with Crippen molar-refractivity contribution in [3.05, 3.63) is 35.4 Å². The van der Waals surface area contributed by atoms with Gasteiger partial charge in [0.05, 0.1) is 17.0 Å². The highest BCUT2D eigenvalue weighted by Gasteiger charge is 2.42. The zero-order chi connectivity index (χ0) is 20.5. The van der Waals surface area contributed by atoms with E-state index in [0.717, 1.165) is 12.8 Å². The monoisotopic (exact) mass is 388 g/mol. The van der Waals surface area contributed by atoms with Crippen molar-refractivity contribution >= 4 is 23.9 Å². The van der Waals surface area contributed by atoms with Crippen molar-refractivity contribution in [2.24, 2.45) is 5.92 Å². The van der Waals surface area contributed by atoms with Gasteiger partial charge < -0.3 is 14.9 Å². The summed E-state index contributed by atoms with van der Waals surface area (Å²) in [5, 5.41) is 3.23. The number of hydrogen-bond acceptors (Lipinski definition) is 6. The zero-order valence-corrected chi connectivity index (χ0v) is 16.2. The highest BCUT2D eigenvalue weighted by atomic mass is 16.7. The van der Waals surface area contributed by atoms with Gasteiger partial charge in [0.1, 0.15) is 5.60 Å². The Bertz CT molecular complexity index is 778. The topological polar surface area (TPSA) is 102 Å². The number of imide groups is 1. The Balaban J connectivity index is 1.68. The second-order valence-corrected chi connectivity index (χ2v) is 8.00. The first-order valence-corrected chi connectivity index (χ1v) is 9.36. The molecule has 0 radical (unpaired) electrons. The number of amides is 3. The highest BCUT2D eigenvalue weighted by Crippen LogP contribution is 2.28. The summed E-state index contributed by atoms with van der Waals surface area (Å²) in [6.45, 7) is 5.25. The molecule has 2 aliphatic rings. The third-order valence-electron chi connectivity index (χ3n) is 4.71. The van der Waals surface area contributed by atoms with Gasteiger partial charge in [0.15, 0.2) is 0 Å². The van der Waals surface area contributed by atoms with Crippen LogP contribution in [0.25, 0.3) is 0 Å². The van der Waals surface area contributed by atoms with Crippen LogP contribution in [0.5, 0.6) is 0 Å². The van der Waals surface area contributed by atoms with E-state index >= 15 is 0 Å². The minimum absolute atomic E-state index is 0.201. The number of rotatable bonds is 3. The molecule has 1 fully saturated rings. The fourth-order valence-corrected chi connectivity index (χ4v) is 3.45. The predicted molar refractivity (Wildman–Crippen MR) is 98.1 cm³/mol. The molecule has 0 unspecified atom stereocenters. The molecule has 0 spiro atoms. The fourth-order valence-electron chi connectivity index (χ4n) is 3.45. The third-order valence-corrected chi connectivity index (χ3v) is 4.71. The molecule has 28 heavy (non-hydrogen) atoms. The largest absolute Gasteiger partial charge is 0.444 e. The van der Waals surface area contributed by atoms with Crippen molar-refractivity contribution in [2.75, 3.05) is 0 Å². The molecule has 1 saturated carbocycles. The van der Waals surface area contributed by atoms with E-state index in [-0.39, 0.29) is 11.1 Å². The molecule has 8 heteroatoms. The normalized spacial score (nSPS) is 21.9. The van der Waals surface area contributed by atoms with Gasteiger partial charge in [-0.05, 0) is 45.7 Å². The summed E-state index contributed by atoms with van der Waals surface area (Å²) in [6.07, 6.45) is 2.09. The average molecular weight is 388 g/mol. The summed E-state index contributed by atoms with van der Waals surface area (Å²) in [5.41, 5.74) is -0.255. The van der Waals surface area contributed by atoms with Gasteiger partial charge in [-0.3, -0.25) is 9.59 Å². The highest BCUT2D eigenvalue weighted by molar-refractivity contribution is 6.20. The number of nitrogens with zero attached hydrogens (tertiary/aromatic N) is 1. The number of benzene rings is 1. The van der Waals surface area contributed by atoms with Crippen molar-refractivity contribution < 1.29 is 28.8 Å². The molecular formula is C20H24N2O6. The second kappa shape index (κ2) is 7.61. The number of fused-ring (bicyclic) bond motifs is 1. The molecule has 3 rings (SSSR count). The Labute approximate surface area is 163 Å². The Morgan fingerprint density at radius 1 is 1.04 bits per heavy atom. The Morgan fingerprint density at radius 2 is 1.61 bits per heavy atom. The molecule has 1 N–H and O–H groups in total. The number of ether oxygens (including phenoxy) is 1. The van der Waals surface area contributed by atoms with Gasteiger partial charge in [-0.2, -0.15) is 0 Å². The molecule has 2 atom stereocenters. The van der Waals surface area contributed by atoms with Crippen molar-refractivity contribution in [1.82, 2.24) is 10.4 Å². The second-order valence-electron chi connectivity index (χ2n) is 8.00. The van der Waals surface area contributed by atoms with Crippen LogP contribution in [-0.2, 0) is 14.4 Å². The van der Waals surface area contributed by atoms with E-state index in [9.17, 15) is 19.2 Å². The molecule has 1 aliphatic carbocycles. The maximum atomic E-state index is 12.7. The van der Waals surface area contributed by atoms with Crippen LogP contribution in [0.4, 0.5) is 4.79 Å². The minimum atomic E-state index is -0.713. The van der Waals surface area contributed by atoms with Gasteiger partial charge >= 0.3 is 12.1 Å². The maximum absolute atomic E-state index is 12.7. The molecule has 0 bridgehead atoms. The number of nitrogens with one attached hydrogen (secondary N) is 1. The molecule has 0 aromatic heterocycles. The smallest absolute Gasteiger partial charge is 0.407 e. The van der Waals surface area contributed by atoms with E-state index in [0.29, 0.717) is 17.9 Å². The third kappa shape index (κ3) is 4.16. The number of alkyl carbamates (subject to hydrolysis) is 1. The van der Waals surface area contributed by atoms with E-state index in [1.54, 1.807) is 32.9 Å². The number of carbonyl (C=O) groups excluding carboxylic acids is 4. The maximum Gasteiger partial charge on any atom is 0.407 e. The zero-order valence-electron chi connectivity index (χ0n) is 16.2. The molecule has 150 valence electrons. The molecular weight excluding hydrogens is 364 g/mol. The summed E-state index contributed by atoms with van der Waals surface area (Å²) < 4.78 is 5.26. The quantitative estimate of drug-likeness (QED) is 0.799. The first kappa shape index (κ1) is 19.9. The van der Waals surface area contributed by atoms with E-state index < -0.39 is 41.4 Å². The van der Waals surface area contributed by atoms with Gasteiger partial charge in [-0.15, -0.1) is 0 Å². The van der Waals surface area contributed by atoms with Gasteiger partial charge in [-0.1, -0.05) is 30.0 Å². The van der Waals surface area contributed by atoms with Crippen LogP contribution in [0.15, 0.2) is 24.3 Å². The van der Waals surface area contributed by atoms with Crippen LogP contribution in [0, 0.1) is 5.92 Å². The van der Waals surface area contributed by atoms with Crippen LogP contribution in [0.1, 0.15) is 67.2 Å². The Kier molecular flexibility index (Phi) is 5.40. The lowest BCUT2D eigenvalue weighted by Gasteiger charge is -2.31. The van der Waals surface area contributed by atoms with Crippen molar-refractivity contribution in [2.45, 2.75) is 58.1 Å². The van der Waals surface area contributed by atoms with Crippen LogP contribution in [-0.4, -0.2) is 40.6 Å². The average Bonchev–Trinajstić information content (AvgIpc) is 2.86. The Hall–Kier alpha value is -2.90. The molecule has 0 saturated heterocycles. The van der Waals surface area contributed by atoms with Crippen molar-refractivity contribution in [1.29, 1.82) is 0 Å². The number of carbonyl (C=O) groups is 4. The lowest BCUT2D eigenvalue weighted by atomic mass is 9.84. The summed E-state index contributed by atoms with van der Waals surface area (Å²) in [6, 6.07) is 5.81. The SMILES string of the molecule is CC(C)(C)OC(=O)N[C@H]1CCCC[C@@H]1C(=O)ON1C(=O)c2ccccc2C1=O. The first-order valence-electron chi connectivity index (χ1n) is 9.36. The lowest BCUT2D eigenvalue weighted by molar-refractivity contribution is -0.175. The van der Waals surface area contributed by atoms with E-state index in [2.05, 4.69) is 5.32 Å².